The predicted molar refractivity (Wildman–Crippen MR) is 94.8 cm³/mol. The minimum absolute atomic E-state index is 0.119. The summed E-state index contributed by atoms with van der Waals surface area (Å²) in [5, 5.41) is 15.9. The van der Waals surface area contributed by atoms with Crippen LogP contribution in [0.5, 0.6) is 5.75 Å². The molecular formula is C18H21N3O5. The van der Waals surface area contributed by atoms with Gasteiger partial charge in [-0.2, -0.15) is 5.10 Å². The Morgan fingerprint density at radius 1 is 1.38 bits per heavy atom. The van der Waals surface area contributed by atoms with Crippen molar-refractivity contribution >= 4 is 11.9 Å². The fraction of sp³-hybridized carbons (Fsp3) is 0.278. The Morgan fingerprint density at radius 2 is 2.08 bits per heavy atom. The molecule has 0 radical (unpaired) electrons. The van der Waals surface area contributed by atoms with E-state index in [0.29, 0.717) is 5.75 Å². The molecule has 1 aromatic carbocycles. The molecule has 2 aromatic rings. The van der Waals surface area contributed by atoms with Crippen molar-refractivity contribution in [3.63, 3.8) is 0 Å². The summed E-state index contributed by atoms with van der Waals surface area (Å²) in [5.41, 5.74) is 1.61. The van der Waals surface area contributed by atoms with Gasteiger partial charge in [-0.15, -0.1) is 6.58 Å². The number of amides is 1. The molecule has 26 heavy (non-hydrogen) atoms. The van der Waals surface area contributed by atoms with Crippen molar-refractivity contribution in [2.24, 2.45) is 0 Å². The second kappa shape index (κ2) is 8.82. The predicted octanol–water partition coefficient (Wildman–Crippen LogP) is 1.57. The molecule has 0 saturated carbocycles. The van der Waals surface area contributed by atoms with Gasteiger partial charge in [0.05, 0.1) is 26.0 Å². The van der Waals surface area contributed by atoms with E-state index in [-0.39, 0.29) is 18.9 Å². The van der Waals surface area contributed by atoms with Crippen molar-refractivity contribution < 1.29 is 24.2 Å². The summed E-state index contributed by atoms with van der Waals surface area (Å²) in [5.74, 6) is -1.07. The van der Waals surface area contributed by atoms with Crippen LogP contribution in [0.2, 0.25) is 0 Å². The number of nitrogens with one attached hydrogen (secondary N) is 1. The van der Waals surface area contributed by atoms with Gasteiger partial charge < -0.3 is 19.9 Å². The van der Waals surface area contributed by atoms with Gasteiger partial charge >= 0.3 is 5.97 Å². The first-order chi connectivity index (χ1) is 12.5. The first kappa shape index (κ1) is 19.2. The fourth-order valence-corrected chi connectivity index (χ4v) is 2.25. The van der Waals surface area contributed by atoms with Gasteiger partial charge in [0.25, 0.3) is 5.91 Å². The number of carbonyl (C=O) groups excluding carboxylic acids is 1. The number of aryl methyl sites for hydroxylation is 1. The number of carboxylic acid groups (broad SMARTS) is 1. The lowest BCUT2D eigenvalue weighted by molar-refractivity contribution is -0.140. The van der Waals surface area contributed by atoms with Gasteiger partial charge in [0.15, 0.2) is 11.7 Å². The minimum Gasteiger partial charge on any atom is -0.497 e. The third-order valence-corrected chi connectivity index (χ3v) is 3.56. The summed E-state index contributed by atoms with van der Waals surface area (Å²) in [7, 11) is 1.58. The zero-order chi connectivity index (χ0) is 19.1. The van der Waals surface area contributed by atoms with E-state index in [1.807, 2.05) is 12.1 Å². The van der Waals surface area contributed by atoms with Crippen molar-refractivity contribution in [2.75, 3.05) is 20.3 Å². The molecule has 1 aromatic heterocycles. The molecule has 0 fully saturated rings. The van der Waals surface area contributed by atoms with Gasteiger partial charge in [-0.05, 0) is 37.3 Å². The number of aliphatic carboxylic acids is 1. The average molecular weight is 359 g/mol. The molecule has 138 valence electrons. The van der Waals surface area contributed by atoms with Crippen LogP contribution in [0.25, 0.3) is 5.69 Å². The van der Waals surface area contributed by atoms with Crippen molar-refractivity contribution in [2.45, 2.75) is 13.0 Å². The number of ether oxygens (including phenoxy) is 2. The molecule has 0 aliphatic heterocycles. The average Bonchev–Trinajstić information content (AvgIpc) is 3.02. The maximum atomic E-state index is 12.3. The molecule has 1 atom stereocenters. The van der Waals surface area contributed by atoms with Crippen LogP contribution in [0, 0.1) is 6.92 Å². The number of methoxy groups -OCH3 is 1. The number of hydrogen-bond donors (Lipinski definition) is 2. The van der Waals surface area contributed by atoms with Gasteiger partial charge in [0, 0.05) is 5.69 Å². The zero-order valence-electron chi connectivity index (χ0n) is 14.6. The Morgan fingerprint density at radius 3 is 2.65 bits per heavy atom. The Kier molecular flexibility index (Phi) is 6.51. The number of carboxylic acids is 1. The van der Waals surface area contributed by atoms with E-state index >= 15 is 0 Å². The number of hydrogen-bond acceptors (Lipinski definition) is 5. The number of nitrogens with zero attached hydrogens (tertiary/aromatic N) is 2. The van der Waals surface area contributed by atoms with E-state index in [4.69, 9.17) is 9.47 Å². The fourth-order valence-electron chi connectivity index (χ4n) is 2.25. The van der Waals surface area contributed by atoms with Crippen molar-refractivity contribution in [1.82, 2.24) is 15.1 Å². The van der Waals surface area contributed by atoms with Crippen molar-refractivity contribution in [1.29, 1.82) is 0 Å². The van der Waals surface area contributed by atoms with Gasteiger partial charge in [-0.3, -0.25) is 4.79 Å². The largest absolute Gasteiger partial charge is 0.497 e. The minimum atomic E-state index is -1.19. The highest BCUT2D eigenvalue weighted by Gasteiger charge is 2.22. The lowest BCUT2D eigenvalue weighted by Crippen LogP contribution is -2.44. The van der Waals surface area contributed by atoms with E-state index < -0.39 is 17.9 Å². The van der Waals surface area contributed by atoms with Crippen LogP contribution in [0.1, 0.15) is 16.2 Å². The number of aromatic nitrogens is 2. The SMILES string of the molecule is C=CCOCC(NC(=O)c1cc(C)n(-c2ccc(OC)cc2)n1)C(=O)O. The third kappa shape index (κ3) is 4.70. The maximum Gasteiger partial charge on any atom is 0.328 e. The van der Waals surface area contributed by atoms with Crippen molar-refractivity contribution in [3.8, 4) is 11.4 Å². The summed E-state index contributed by atoms with van der Waals surface area (Å²) < 4.78 is 11.8. The molecule has 1 heterocycles. The van der Waals surface area contributed by atoms with Gasteiger partial charge in [0.1, 0.15) is 5.75 Å². The van der Waals surface area contributed by atoms with Crippen LogP contribution in [0.15, 0.2) is 43.0 Å². The van der Waals surface area contributed by atoms with Gasteiger partial charge in [-0.25, -0.2) is 9.48 Å². The van der Waals surface area contributed by atoms with Crippen LogP contribution in [0.3, 0.4) is 0 Å². The molecule has 0 spiro atoms. The molecule has 1 unspecified atom stereocenters. The summed E-state index contributed by atoms with van der Waals surface area (Å²) in [6, 6.07) is 7.60. The molecule has 0 saturated heterocycles. The van der Waals surface area contributed by atoms with Crippen LogP contribution < -0.4 is 10.1 Å². The molecular weight excluding hydrogens is 338 g/mol. The Balaban J connectivity index is 2.13. The van der Waals surface area contributed by atoms with Gasteiger partial charge in [-0.1, -0.05) is 6.08 Å². The molecule has 2 rings (SSSR count). The molecule has 1 amide bonds. The molecule has 0 aliphatic carbocycles. The second-order valence-electron chi connectivity index (χ2n) is 5.47. The molecule has 0 aliphatic rings. The van der Waals surface area contributed by atoms with Crippen LogP contribution >= 0.6 is 0 Å². The highest BCUT2D eigenvalue weighted by molar-refractivity contribution is 5.95. The van der Waals surface area contributed by atoms with Crippen LogP contribution in [-0.4, -0.2) is 53.1 Å². The second-order valence-corrected chi connectivity index (χ2v) is 5.47. The molecule has 0 bridgehead atoms. The Labute approximate surface area is 151 Å². The van der Waals surface area contributed by atoms with Crippen LogP contribution in [-0.2, 0) is 9.53 Å². The number of carbonyl (C=O) groups is 2. The highest BCUT2D eigenvalue weighted by atomic mass is 16.5. The Bertz CT molecular complexity index is 783. The molecule has 2 N–H and O–H groups in total. The normalized spacial score (nSPS) is 11.6. The smallest absolute Gasteiger partial charge is 0.328 e. The van der Waals surface area contributed by atoms with E-state index in [2.05, 4.69) is 17.0 Å². The highest BCUT2D eigenvalue weighted by Crippen LogP contribution is 2.16. The van der Waals surface area contributed by atoms with Crippen LogP contribution in [0.4, 0.5) is 0 Å². The summed E-state index contributed by atoms with van der Waals surface area (Å²) in [6.07, 6.45) is 1.50. The summed E-state index contributed by atoms with van der Waals surface area (Å²) >= 11 is 0. The number of benzene rings is 1. The maximum absolute atomic E-state index is 12.3. The molecule has 8 nitrogen and oxygen atoms in total. The summed E-state index contributed by atoms with van der Waals surface area (Å²) in [6.45, 7) is 5.32. The number of rotatable bonds is 9. The standard InChI is InChI=1S/C18H21N3O5/c1-4-9-26-11-16(18(23)24)19-17(22)15-10-12(2)21(20-15)13-5-7-14(25-3)8-6-13/h4-8,10,16H,1,9,11H2,2-3H3,(H,19,22)(H,23,24). The van der Waals surface area contributed by atoms with Crippen molar-refractivity contribution in [3.05, 3.63) is 54.4 Å². The van der Waals surface area contributed by atoms with E-state index in [1.165, 1.54) is 6.08 Å². The lowest BCUT2D eigenvalue weighted by atomic mass is 10.2. The summed E-state index contributed by atoms with van der Waals surface area (Å²) in [4.78, 5) is 23.6. The van der Waals surface area contributed by atoms with Gasteiger partial charge in [0.2, 0.25) is 0 Å². The quantitative estimate of drug-likeness (QED) is 0.520. The molecule has 8 heteroatoms. The van der Waals surface area contributed by atoms with E-state index in [0.717, 1.165) is 11.4 Å². The third-order valence-electron chi connectivity index (χ3n) is 3.56. The monoisotopic (exact) mass is 359 g/mol. The lowest BCUT2D eigenvalue weighted by Gasteiger charge is -2.13. The first-order valence-electron chi connectivity index (χ1n) is 7.89. The topological polar surface area (TPSA) is 103 Å². The first-order valence-corrected chi connectivity index (χ1v) is 7.89. The van der Waals surface area contributed by atoms with E-state index in [1.54, 1.807) is 36.9 Å². The zero-order valence-corrected chi connectivity index (χ0v) is 14.6. The Hall–Kier alpha value is -3.13. The van der Waals surface area contributed by atoms with E-state index in [9.17, 15) is 14.7 Å².